The maximum absolute atomic E-state index is 12.7. The van der Waals surface area contributed by atoms with E-state index >= 15 is 0 Å². The lowest BCUT2D eigenvalue weighted by Gasteiger charge is -2.31. The molecule has 3 aromatic rings. The van der Waals surface area contributed by atoms with Crippen LogP contribution in [0.5, 0.6) is 11.5 Å². The maximum Gasteiger partial charge on any atom is 0.341 e. The van der Waals surface area contributed by atoms with Gasteiger partial charge < -0.3 is 14.2 Å². The number of hydrogen-bond donors (Lipinski definition) is 0. The largest absolute Gasteiger partial charge is 0.496 e. The maximum atomic E-state index is 12.7. The van der Waals surface area contributed by atoms with Gasteiger partial charge in [0, 0.05) is 17.3 Å². The first kappa shape index (κ1) is 16.1. The summed E-state index contributed by atoms with van der Waals surface area (Å²) in [5, 5.41) is 0. The van der Waals surface area contributed by atoms with Crippen LogP contribution in [0.3, 0.4) is 0 Å². The van der Waals surface area contributed by atoms with E-state index in [0.717, 1.165) is 0 Å². The van der Waals surface area contributed by atoms with Crippen molar-refractivity contribution in [3.8, 4) is 11.5 Å². The third kappa shape index (κ3) is 2.17. The number of benzene rings is 2. The summed E-state index contributed by atoms with van der Waals surface area (Å²) >= 11 is 0. The smallest absolute Gasteiger partial charge is 0.341 e. The second-order valence-electron chi connectivity index (χ2n) is 5.87. The predicted molar refractivity (Wildman–Crippen MR) is 95.5 cm³/mol. The number of rotatable bonds is 4. The summed E-state index contributed by atoms with van der Waals surface area (Å²) < 4.78 is 17.2. The first-order valence-corrected chi connectivity index (χ1v) is 8.18. The van der Waals surface area contributed by atoms with E-state index < -0.39 is 11.6 Å². The molecule has 0 bridgehead atoms. The van der Waals surface area contributed by atoms with Gasteiger partial charge in [-0.2, -0.15) is 0 Å². The highest BCUT2D eigenvalue weighted by Gasteiger charge is 2.52. The summed E-state index contributed by atoms with van der Waals surface area (Å²) in [6, 6.07) is 18.4. The minimum absolute atomic E-state index is 0.426. The predicted octanol–water partition coefficient (Wildman–Crippen LogP) is 3.56. The van der Waals surface area contributed by atoms with E-state index in [1.165, 1.54) is 0 Å². The molecule has 1 aliphatic rings. The molecule has 0 unspecified atom stereocenters. The molecule has 130 valence electrons. The third-order valence-electron chi connectivity index (χ3n) is 4.58. The molecule has 0 spiro atoms. The minimum atomic E-state index is -1.24. The Balaban J connectivity index is 2.12. The fourth-order valence-electron chi connectivity index (χ4n) is 3.47. The third-order valence-corrected chi connectivity index (χ3v) is 4.58. The van der Waals surface area contributed by atoms with Crippen molar-refractivity contribution in [2.24, 2.45) is 0 Å². The molecule has 0 atom stereocenters. The number of carbonyl (C=O) groups excluding carboxylic acids is 1. The number of cyclic esters (lactones) is 1. The average molecular weight is 347 g/mol. The van der Waals surface area contributed by atoms with E-state index in [4.69, 9.17) is 14.2 Å². The van der Waals surface area contributed by atoms with E-state index in [-0.39, 0.29) is 0 Å². The first-order valence-electron chi connectivity index (χ1n) is 8.18. The highest BCUT2D eigenvalue weighted by atomic mass is 16.6. The number of hydrogen-bond acceptors (Lipinski definition) is 5. The summed E-state index contributed by atoms with van der Waals surface area (Å²) in [4.78, 5) is 17.2. The van der Waals surface area contributed by atoms with E-state index in [2.05, 4.69) is 4.98 Å². The van der Waals surface area contributed by atoms with Gasteiger partial charge in [0.05, 0.1) is 19.8 Å². The van der Waals surface area contributed by atoms with Crippen molar-refractivity contribution in [2.45, 2.75) is 5.60 Å². The van der Waals surface area contributed by atoms with Crippen LogP contribution in [-0.4, -0.2) is 25.2 Å². The molecule has 5 nitrogen and oxygen atoms in total. The zero-order valence-corrected chi connectivity index (χ0v) is 14.4. The van der Waals surface area contributed by atoms with E-state index in [9.17, 15) is 4.79 Å². The van der Waals surface area contributed by atoms with Gasteiger partial charge in [-0.3, -0.25) is 4.98 Å². The molecule has 0 radical (unpaired) electrons. The lowest BCUT2D eigenvalue weighted by atomic mass is 9.81. The Bertz CT molecular complexity index is 936. The van der Waals surface area contributed by atoms with E-state index in [1.54, 1.807) is 32.5 Å². The van der Waals surface area contributed by atoms with Gasteiger partial charge >= 0.3 is 5.97 Å². The molecule has 2 aromatic carbocycles. The summed E-state index contributed by atoms with van der Waals surface area (Å²) in [6.07, 6.45) is 1.65. The molecule has 4 rings (SSSR count). The van der Waals surface area contributed by atoms with E-state index in [1.807, 2.05) is 48.5 Å². The van der Waals surface area contributed by atoms with Gasteiger partial charge in [-0.15, -0.1) is 0 Å². The van der Waals surface area contributed by atoms with Crippen LogP contribution in [0, 0.1) is 0 Å². The summed E-state index contributed by atoms with van der Waals surface area (Å²) in [7, 11) is 3.18. The first-order chi connectivity index (χ1) is 12.7. The molecular weight excluding hydrogens is 330 g/mol. The van der Waals surface area contributed by atoms with Gasteiger partial charge in [0.25, 0.3) is 0 Å². The SMILES string of the molecule is COc1ccccc1C1(c2ccccc2OC)OC(=O)c2cccnc21. The molecule has 26 heavy (non-hydrogen) atoms. The fraction of sp³-hybridized carbons (Fsp3) is 0.143. The number of carbonyl (C=O) groups is 1. The van der Waals surface area contributed by atoms with Gasteiger partial charge in [0.2, 0.25) is 5.60 Å². The second kappa shape index (κ2) is 6.19. The van der Waals surface area contributed by atoms with Crippen molar-refractivity contribution in [2.75, 3.05) is 14.2 Å². The standard InChI is InChI=1S/C21H17NO4/c1-24-17-11-5-3-9-15(17)21(16-10-4-6-12-18(16)25-2)19-14(20(23)26-21)8-7-13-22-19/h3-13H,1-2H3. The number of ether oxygens (including phenoxy) is 3. The summed E-state index contributed by atoms with van der Waals surface area (Å²) in [5.41, 5.74) is 1.10. The Morgan fingerprint density at radius 1 is 0.846 bits per heavy atom. The molecule has 0 aliphatic carbocycles. The molecule has 5 heteroatoms. The van der Waals surface area contributed by atoms with Crippen molar-refractivity contribution in [1.29, 1.82) is 0 Å². The van der Waals surface area contributed by atoms with Crippen LogP contribution >= 0.6 is 0 Å². The lowest BCUT2D eigenvalue weighted by Crippen LogP contribution is -2.31. The van der Waals surface area contributed by atoms with Crippen molar-refractivity contribution < 1.29 is 19.0 Å². The average Bonchev–Trinajstić information content (AvgIpc) is 3.01. The number of fused-ring (bicyclic) bond motifs is 1. The van der Waals surface area contributed by atoms with Crippen LogP contribution in [-0.2, 0) is 10.3 Å². The van der Waals surface area contributed by atoms with Crippen molar-refractivity contribution in [1.82, 2.24) is 4.98 Å². The van der Waals surface area contributed by atoms with Gasteiger partial charge in [0.1, 0.15) is 17.2 Å². The molecule has 0 N–H and O–H groups in total. The monoisotopic (exact) mass is 347 g/mol. The Morgan fingerprint density at radius 2 is 1.42 bits per heavy atom. The second-order valence-corrected chi connectivity index (χ2v) is 5.87. The fourth-order valence-corrected chi connectivity index (χ4v) is 3.47. The highest BCUT2D eigenvalue weighted by Crippen LogP contribution is 2.51. The summed E-state index contributed by atoms with van der Waals surface area (Å²) in [6.45, 7) is 0. The number of pyridine rings is 1. The van der Waals surface area contributed by atoms with Gasteiger partial charge in [-0.1, -0.05) is 36.4 Å². The molecule has 2 heterocycles. The van der Waals surface area contributed by atoms with Gasteiger partial charge in [0.15, 0.2) is 0 Å². The van der Waals surface area contributed by atoms with Crippen LogP contribution in [0.1, 0.15) is 27.2 Å². The molecule has 1 aromatic heterocycles. The molecule has 0 saturated carbocycles. The van der Waals surface area contributed by atoms with Crippen LogP contribution in [0.15, 0.2) is 66.9 Å². The Hall–Kier alpha value is -3.34. The minimum Gasteiger partial charge on any atom is -0.496 e. The van der Waals surface area contributed by atoms with Crippen LogP contribution in [0.4, 0.5) is 0 Å². The van der Waals surface area contributed by atoms with Gasteiger partial charge in [-0.05, 0) is 24.3 Å². The zero-order valence-electron chi connectivity index (χ0n) is 14.4. The van der Waals surface area contributed by atoms with E-state index in [0.29, 0.717) is 33.9 Å². The Morgan fingerprint density at radius 3 is 2.00 bits per heavy atom. The van der Waals surface area contributed by atoms with Crippen molar-refractivity contribution in [3.63, 3.8) is 0 Å². The quantitative estimate of drug-likeness (QED) is 0.676. The number of para-hydroxylation sites is 2. The van der Waals surface area contributed by atoms with Crippen LogP contribution in [0.25, 0.3) is 0 Å². The number of esters is 1. The highest BCUT2D eigenvalue weighted by molar-refractivity contribution is 5.96. The topological polar surface area (TPSA) is 57.7 Å². The molecule has 0 amide bonds. The Labute approximate surface area is 151 Å². The molecule has 0 fully saturated rings. The van der Waals surface area contributed by atoms with Crippen LogP contribution in [0.2, 0.25) is 0 Å². The van der Waals surface area contributed by atoms with Crippen molar-refractivity contribution >= 4 is 5.97 Å². The van der Waals surface area contributed by atoms with Crippen LogP contribution < -0.4 is 9.47 Å². The molecule has 0 saturated heterocycles. The van der Waals surface area contributed by atoms with Gasteiger partial charge in [-0.25, -0.2) is 4.79 Å². The summed E-state index contributed by atoms with van der Waals surface area (Å²) in [5.74, 6) is 0.777. The molecular formula is C21H17NO4. The number of nitrogens with zero attached hydrogens (tertiary/aromatic N) is 1. The normalized spacial score (nSPS) is 14.5. The molecule has 1 aliphatic heterocycles. The Kier molecular flexibility index (Phi) is 3.84. The lowest BCUT2D eigenvalue weighted by molar-refractivity contribution is 0.0230. The number of aromatic nitrogens is 1. The number of methoxy groups -OCH3 is 2. The zero-order chi connectivity index (χ0) is 18.1. The van der Waals surface area contributed by atoms with Crippen molar-refractivity contribution in [3.05, 3.63) is 89.2 Å².